The van der Waals surface area contributed by atoms with Crippen LogP contribution in [0.25, 0.3) is 10.9 Å². The topological polar surface area (TPSA) is 104 Å². The van der Waals surface area contributed by atoms with Crippen LogP contribution in [0, 0.1) is 11.7 Å². The largest absolute Gasteiger partial charge is 0.376 e. The van der Waals surface area contributed by atoms with Gasteiger partial charge in [-0.2, -0.15) is 0 Å². The van der Waals surface area contributed by atoms with E-state index in [2.05, 4.69) is 29.0 Å². The average molecular weight is 653 g/mol. The number of para-hydroxylation sites is 1. The second-order valence-corrected chi connectivity index (χ2v) is 13.5. The van der Waals surface area contributed by atoms with E-state index in [1.54, 1.807) is 6.20 Å². The van der Waals surface area contributed by atoms with Gasteiger partial charge >= 0.3 is 0 Å². The zero-order valence-electron chi connectivity index (χ0n) is 26.3. The van der Waals surface area contributed by atoms with Gasteiger partial charge in [-0.25, -0.2) is 4.39 Å². The molecule has 2 amide bonds. The zero-order chi connectivity index (χ0) is 32.4. The molecule has 2 N–H and O–H groups in total. The van der Waals surface area contributed by atoms with E-state index >= 15 is 4.39 Å². The van der Waals surface area contributed by atoms with E-state index in [0.29, 0.717) is 18.7 Å². The van der Waals surface area contributed by atoms with Gasteiger partial charge in [-0.3, -0.25) is 14.5 Å². The molecule has 6 rings (SSSR count). The number of aromatic nitrogens is 1. The fourth-order valence-electron chi connectivity index (χ4n) is 7.31. The first-order chi connectivity index (χ1) is 22.2. The molecule has 0 spiro atoms. The molecule has 2 aliphatic heterocycles. The lowest BCUT2D eigenvalue weighted by Gasteiger charge is -2.38. The van der Waals surface area contributed by atoms with Gasteiger partial charge in [-0.1, -0.05) is 29.8 Å². The third-order valence-electron chi connectivity index (χ3n) is 9.67. The third-order valence-corrected chi connectivity index (χ3v) is 9.99. The maximum Gasteiger partial charge on any atom is 0.257 e. The number of rotatable bonds is 9. The minimum absolute atomic E-state index is 0.0684. The summed E-state index contributed by atoms with van der Waals surface area (Å²) in [5.74, 6) is -1.12. The first-order valence-corrected chi connectivity index (χ1v) is 16.7. The maximum absolute atomic E-state index is 15.5. The summed E-state index contributed by atoms with van der Waals surface area (Å²) in [6.07, 6.45) is 6.83. The molecule has 1 aliphatic carbocycles. The van der Waals surface area contributed by atoms with Crippen molar-refractivity contribution in [1.82, 2.24) is 14.8 Å². The molecule has 2 saturated heterocycles. The Hall–Kier alpha value is -3.31. The molecular formula is C35H42ClFN4O5. The van der Waals surface area contributed by atoms with Crippen LogP contribution in [0.3, 0.4) is 0 Å². The van der Waals surface area contributed by atoms with Crippen LogP contribution in [-0.4, -0.2) is 89.5 Å². The van der Waals surface area contributed by atoms with Crippen molar-refractivity contribution < 1.29 is 28.2 Å². The number of benzene rings is 2. The van der Waals surface area contributed by atoms with Gasteiger partial charge in [0.2, 0.25) is 5.91 Å². The molecular weight excluding hydrogens is 611 g/mol. The average Bonchev–Trinajstić information content (AvgIpc) is 3.67. The van der Waals surface area contributed by atoms with E-state index < -0.39 is 11.7 Å². The number of aldehydes is 1. The fraction of sp³-hybridized carbons (Fsp3) is 0.514. The molecule has 3 fully saturated rings. The molecule has 0 unspecified atom stereocenters. The van der Waals surface area contributed by atoms with E-state index in [4.69, 9.17) is 21.1 Å². The number of aromatic amines is 1. The number of hydrogen-bond acceptors (Lipinski definition) is 6. The highest BCUT2D eigenvalue weighted by Crippen LogP contribution is 2.31. The number of H-pyrrole nitrogens is 1. The molecule has 3 aromatic rings. The Morgan fingerprint density at radius 1 is 1.11 bits per heavy atom. The number of morpholine rings is 1. The van der Waals surface area contributed by atoms with Crippen molar-refractivity contribution in [3.05, 3.63) is 64.6 Å². The lowest BCUT2D eigenvalue weighted by atomic mass is 9.88. The second kappa shape index (κ2) is 14.2. The number of ether oxygens (including phenoxy) is 2. The summed E-state index contributed by atoms with van der Waals surface area (Å²) in [4.78, 5) is 45.3. The number of halogens is 2. The predicted molar refractivity (Wildman–Crippen MR) is 175 cm³/mol. The van der Waals surface area contributed by atoms with Crippen LogP contribution in [-0.2, 0) is 25.5 Å². The molecule has 0 bridgehead atoms. The van der Waals surface area contributed by atoms with Crippen LogP contribution in [0.4, 0.5) is 10.1 Å². The standard InChI is InChI=1S/C35H42ClFN4O5/c1-21-16-40(17-22(2)46-21)25-13-26(20-45-27-9-7-23(19-42)8-10-27)41(18-25)34(43)12-24-11-30(36)33(14-31(24)37)39-35(44)29-15-38-32-6-4-3-5-28(29)32/h3-6,11,14-15,19,21-23,25-27,38H,7-10,12-13,16-18,20H2,1-2H3,(H,39,44)/t21-,22+,23?,25-,26-,27?/m0/s1. The summed E-state index contributed by atoms with van der Waals surface area (Å²) in [6.45, 7) is 6.63. The molecule has 246 valence electrons. The van der Waals surface area contributed by atoms with Crippen molar-refractivity contribution in [3.63, 3.8) is 0 Å². The van der Waals surface area contributed by atoms with Gasteiger partial charge < -0.3 is 29.5 Å². The van der Waals surface area contributed by atoms with Crippen LogP contribution in [0.5, 0.6) is 0 Å². The van der Waals surface area contributed by atoms with Gasteiger partial charge in [-0.15, -0.1) is 0 Å². The number of fused-ring (bicyclic) bond motifs is 1. The van der Waals surface area contributed by atoms with Crippen LogP contribution in [0.15, 0.2) is 42.6 Å². The summed E-state index contributed by atoms with van der Waals surface area (Å²) in [5.41, 5.74) is 1.54. The van der Waals surface area contributed by atoms with Crippen LogP contribution in [0.1, 0.15) is 61.9 Å². The lowest BCUT2D eigenvalue weighted by Crippen LogP contribution is -2.51. The molecule has 9 nitrogen and oxygen atoms in total. The Balaban J connectivity index is 1.14. The number of carbonyl (C=O) groups excluding carboxylic acids is 3. The summed E-state index contributed by atoms with van der Waals surface area (Å²) in [7, 11) is 0. The number of nitrogens with zero attached hydrogens (tertiary/aromatic N) is 2. The Kier molecular flexibility index (Phi) is 10.1. The molecule has 1 saturated carbocycles. The van der Waals surface area contributed by atoms with Gasteiger partial charge in [0.1, 0.15) is 12.1 Å². The molecule has 3 heterocycles. The highest BCUT2D eigenvalue weighted by molar-refractivity contribution is 6.34. The zero-order valence-corrected chi connectivity index (χ0v) is 27.1. The van der Waals surface area contributed by atoms with Crippen LogP contribution >= 0.6 is 11.6 Å². The van der Waals surface area contributed by atoms with Crippen molar-refractivity contribution in [3.8, 4) is 0 Å². The van der Waals surface area contributed by atoms with Crippen molar-refractivity contribution >= 4 is 46.3 Å². The van der Waals surface area contributed by atoms with Gasteiger partial charge in [-0.05, 0) is 69.7 Å². The number of hydrogen-bond donors (Lipinski definition) is 2. The monoisotopic (exact) mass is 652 g/mol. The highest BCUT2D eigenvalue weighted by Gasteiger charge is 2.40. The number of anilines is 1. The van der Waals surface area contributed by atoms with Gasteiger partial charge in [0, 0.05) is 48.7 Å². The van der Waals surface area contributed by atoms with Crippen LogP contribution in [0.2, 0.25) is 5.02 Å². The van der Waals surface area contributed by atoms with E-state index in [-0.39, 0.29) is 64.9 Å². The molecule has 11 heteroatoms. The summed E-state index contributed by atoms with van der Waals surface area (Å²) < 4.78 is 27.7. The maximum atomic E-state index is 15.5. The minimum Gasteiger partial charge on any atom is -0.376 e. The normalized spacial score (nSPS) is 27.2. The Morgan fingerprint density at radius 3 is 2.59 bits per heavy atom. The van der Waals surface area contributed by atoms with E-state index in [9.17, 15) is 14.4 Å². The molecule has 2 aromatic carbocycles. The summed E-state index contributed by atoms with van der Waals surface area (Å²) >= 11 is 6.53. The van der Waals surface area contributed by atoms with Gasteiger partial charge in [0.05, 0.1) is 53.7 Å². The Morgan fingerprint density at radius 2 is 1.85 bits per heavy atom. The molecule has 0 radical (unpaired) electrons. The van der Waals surface area contributed by atoms with Crippen molar-refractivity contribution in [2.75, 3.05) is 31.6 Å². The van der Waals surface area contributed by atoms with Crippen molar-refractivity contribution in [1.29, 1.82) is 0 Å². The molecule has 4 atom stereocenters. The summed E-state index contributed by atoms with van der Waals surface area (Å²) in [6, 6.07) is 10.0. The fourth-order valence-corrected chi connectivity index (χ4v) is 7.54. The SMILES string of the molecule is C[C@@H]1CN([C@H]2C[C@@H](COC3CCC(C=O)CC3)N(C(=O)Cc3cc(Cl)c(NC(=O)c4c[nH]c5ccccc45)cc3F)C2)C[C@H](C)O1. The molecule has 1 aromatic heterocycles. The second-order valence-electron chi connectivity index (χ2n) is 13.1. The van der Waals surface area contributed by atoms with Gasteiger partial charge in [0.15, 0.2) is 0 Å². The number of carbonyl (C=O) groups is 3. The van der Waals surface area contributed by atoms with E-state index in [0.717, 1.165) is 62.4 Å². The Labute approximate surface area is 273 Å². The number of likely N-dealkylation sites (tertiary alicyclic amines) is 1. The molecule has 46 heavy (non-hydrogen) atoms. The highest BCUT2D eigenvalue weighted by atomic mass is 35.5. The van der Waals surface area contributed by atoms with E-state index in [1.165, 1.54) is 12.1 Å². The van der Waals surface area contributed by atoms with Crippen molar-refractivity contribution in [2.45, 2.75) is 82.8 Å². The first-order valence-electron chi connectivity index (χ1n) is 16.3. The molecule has 3 aliphatic rings. The smallest absolute Gasteiger partial charge is 0.257 e. The van der Waals surface area contributed by atoms with Crippen LogP contribution < -0.4 is 5.32 Å². The summed E-state index contributed by atoms with van der Waals surface area (Å²) in [5, 5.41) is 3.61. The first kappa shape index (κ1) is 32.6. The van der Waals surface area contributed by atoms with Gasteiger partial charge in [0.25, 0.3) is 5.91 Å². The predicted octanol–water partition coefficient (Wildman–Crippen LogP) is 5.61. The minimum atomic E-state index is -0.613. The van der Waals surface area contributed by atoms with E-state index in [1.807, 2.05) is 29.2 Å². The number of nitrogens with one attached hydrogen (secondary N) is 2. The third kappa shape index (κ3) is 7.30. The quantitative estimate of drug-likeness (QED) is 0.292. The lowest BCUT2D eigenvalue weighted by molar-refractivity contribution is -0.133. The Bertz CT molecular complexity index is 1560. The van der Waals surface area contributed by atoms with Crippen molar-refractivity contribution in [2.24, 2.45) is 5.92 Å². The number of amides is 2.